The van der Waals surface area contributed by atoms with E-state index < -0.39 is 23.7 Å². The highest BCUT2D eigenvalue weighted by atomic mass is 127. The zero-order valence-corrected chi connectivity index (χ0v) is 18.3. The van der Waals surface area contributed by atoms with Crippen molar-refractivity contribution in [1.82, 2.24) is 24.8 Å². The van der Waals surface area contributed by atoms with Crippen molar-refractivity contribution in [3.63, 3.8) is 0 Å². The minimum atomic E-state index is -1.12. The zero-order chi connectivity index (χ0) is 21.0. The van der Waals surface area contributed by atoms with Crippen LogP contribution in [0.25, 0.3) is 11.2 Å². The first-order valence-corrected chi connectivity index (χ1v) is 10.8. The first kappa shape index (κ1) is 19.6. The lowest BCUT2D eigenvalue weighted by Crippen LogP contribution is -2.41. The van der Waals surface area contributed by atoms with Gasteiger partial charge in [0.15, 0.2) is 11.5 Å². The molecule has 0 saturated heterocycles. The van der Waals surface area contributed by atoms with E-state index in [4.69, 9.17) is 0 Å². The molecule has 9 nitrogen and oxygen atoms in total. The molecule has 0 bridgehead atoms. The molecular weight excluding hydrogens is 499 g/mol. The van der Waals surface area contributed by atoms with E-state index in [-0.39, 0.29) is 11.8 Å². The predicted octanol–water partition coefficient (Wildman–Crippen LogP) is 1.07. The Kier molecular flexibility index (Phi) is 4.67. The predicted molar refractivity (Wildman–Crippen MR) is 117 cm³/mol. The lowest BCUT2D eigenvalue weighted by atomic mass is 9.98. The second-order valence-corrected chi connectivity index (χ2v) is 9.13. The SMILES string of the molecule is CNC(=O)[C@@]12CC1[C@@H](n1cnc3c(NCc4cccc(I)c4)ncnc31)[C@H](O)[C@@H]2O. The van der Waals surface area contributed by atoms with Gasteiger partial charge in [0.2, 0.25) is 5.91 Å². The summed E-state index contributed by atoms with van der Waals surface area (Å²) in [4.78, 5) is 25.5. The van der Waals surface area contributed by atoms with Crippen LogP contribution in [0.15, 0.2) is 36.9 Å². The van der Waals surface area contributed by atoms with E-state index in [1.807, 2.05) is 18.2 Å². The molecule has 1 unspecified atom stereocenters. The van der Waals surface area contributed by atoms with E-state index in [9.17, 15) is 15.0 Å². The number of carbonyl (C=O) groups excluding carboxylic acids is 1. The van der Waals surface area contributed by atoms with Crippen molar-refractivity contribution in [3.8, 4) is 0 Å². The summed E-state index contributed by atoms with van der Waals surface area (Å²) in [6.45, 7) is 0.586. The van der Waals surface area contributed by atoms with Gasteiger partial charge in [-0.2, -0.15) is 0 Å². The summed E-state index contributed by atoms with van der Waals surface area (Å²) < 4.78 is 2.92. The number of anilines is 1. The fourth-order valence-corrected chi connectivity index (χ4v) is 5.43. The van der Waals surface area contributed by atoms with Crippen LogP contribution in [0.2, 0.25) is 0 Å². The molecule has 2 saturated carbocycles. The Hall–Kier alpha value is -2.31. The Labute approximate surface area is 186 Å². The highest BCUT2D eigenvalue weighted by molar-refractivity contribution is 14.1. The maximum Gasteiger partial charge on any atom is 0.229 e. The third kappa shape index (κ3) is 2.81. The number of rotatable bonds is 5. The minimum Gasteiger partial charge on any atom is -0.389 e. The second kappa shape index (κ2) is 7.13. The number of fused-ring (bicyclic) bond motifs is 2. The number of aliphatic hydroxyl groups is 2. The molecule has 2 aliphatic rings. The maximum atomic E-state index is 12.4. The Morgan fingerprint density at radius 3 is 2.93 bits per heavy atom. The van der Waals surface area contributed by atoms with Crippen molar-refractivity contribution in [2.45, 2.75) is 31.2 Å². The van der Waals surface area contributed by atoms with Gasteiger partial charge in [0, 0.05) is 23.1 Å². The van der Waals surface area contributed by atoms with Gasteiger partial charge in [-0.05, 0) is 46.7 Å². The summed E-state index contributed by atoms with van der Waals surface area (Å²) in [7, 11) is 1.55. The van der Waals surface area contributed by atoms with Crippen molar-refractivity contribution in [1.29, 1.82) is 0 Å². The molecule has 2 aliphatic carbocycles. The Bertz CT molecular complexity index is 1140. The summed E-state index contributed by atoms with van der Waals surface area (Å²) in [5.74, 6) is 0.192. The van der Waals surface area contributed by atoms with E-state index in [1.165, 1.54) is 6.33 Å². The van der Waals surface area contributed by atoms with Crippen LogP contribution in [0, 0.1) is 14.9 Å². The second-order valence-electron chi connectivity index (χ2n) is 7.89. The zero-order valence-electron chi connectivity index (χ0n) is 16.2. The molecule has 4 N–H and O–H groups in total. The van der Waals surface area contributed by atoms with Crippen molar-refractivity contribution < 1.29 is 15.0 Å². The van der Waals surface area contributed by atoms with Crippen LogP contribution in [-0.4, -0.2) is 54.9 Å². The number of benzene rings is 1. The van der Waals surface area contributed by atoms with Gasteiger partial charge in [0.1, 0.15) is 17.9 Å². The summed E-state index contributed by atoms with van der Waals surface area (Å²) in [5, 5.41) is 27.2. The van der Waals surface area contributed by atoms with Crippen LogP contribution in [-0.2, 0) is 11.3 Å². The van der Waals surface area contributed by atoms with Crippen molar-refractivity contribution >= 4 is 45.5 Å². The molecule has 5 rings (SSSR count). The summed E-state index contributed by atoms with van der Waals surface area (Å²) in [6, 6.07) is 7.69. The maximum absolute atomic E-state index is 12.4. The molecule has 1 aromatic carbocycles. The van der Waals surface area contributed by atoms with E-state index in [2.05, 4.69) is 54.2 Å². The molecule has 1 amide bonds. The topological polar surface area (TPSA) is 125 Å². The smallest absolute Gasteiger partial charge is 0.229 e. The van der Waals surface area contributed by atoms with Crippen molar-refractivity contribution in [2.24, 2.45) is 11.3 Å². The minimum absolute atomic E-state index is 0.169. The monoisotopic (exact) mass is 520 g/mol. The largest absolute Gasteiger partial charge is 0.389 e. The van der Waals surface area contributed by atoms with E-state index >= 15 is 0 Å². The van der Waals surface area contributed by atoms with E-state index in [0.29, 0.717) is 29.9 Å². The molecule has 0 aliphatic heterocycles. The third-order valence-electron chi connectivity index (χ3n) is 6.35. The first-order valence-electron chi connectivity index (χ1n) is 9.71. The molecule has 30 heavy (non-hydrogen) atoms. The van der Waals surface area contributed by atoms with Gasteiger partial charge >= 0.3 is 0 Å². The highest BCUT2D eigenvalue weighted by Crippen LogP contribution is 2.67. The van der Waals surface area contributed by atoms with Gasteiger partial charge in [0.05, 0.1) is 23.9 Å². The quantitative estimate of drug-likeness (QED) is 0.371. The van der Waals surface area contributed by atoms with Crippen molar-refractivity contribution in [3.05, 3.63) is 46.1 Å². The van der Waals surface area contributed by atoms with Crippen LogP contribution in [0.3, 0.4) is 0 Å². The number of carbonyl (C=O) groups is 1. The van der Waals surface area contributed by atoms with Gasteiger partial charge < -0.3 is 25.4 Å². The molecule has 0 spiro atoms. The van der Waals surface area contributed by atoms with Gasteiger partial charge in [-0.25, -0.2) is 15.0 Å². The number of hydrogen-bond donors (Lipinski definition) is 4. The molecule has 2 fully saturated rings. The Morgan fingerprint density at radius 1 is 1.33 bits per heavy atom. The van der Waals surface area contributed by atoms with Crippen LogP contribution >= 0.6 is 22.6 Å². The van der Waals surface area contributed by atoms with E-state index in [0.717, 1.165) is 9.13 Å². The molecule has 2 aromatic heterocycles. The summed E-state index contributed by atoms with van der Waals surface area (Å²) in [5.41, 5.74) is 1.33. The average molecular weight is 520 g/mol. The molecule has 0 radical (unpaired) electrons. The van der Waals surface area contributed by atoms with Gasteiger partial charge in [-0.3, -0.25) is 4.79 Å². The van der Waals surface area contributed by atoms with Crippen molar-refractivity contribution in [2.75, 3.05) is 12.4 Å². The van der Waals surface area contributed by atoms with Gasteiger partial charge in [0.25, 0.3) is 0 Å². The molecule has 3 aromatic rings. The number of aromatic nitrogens is 4. The number of aliphatic hydroxyl groups excluding tert-OH is 2. The number of nitrogens with zero attached hydrogens (tertiary/aromatic N) is 4. The number of imidazole rings is 1. The normalized spacial score (nSPS) is 29.6. The number of amides is 1. The fraction of sp³-hybridized carbons (Fsp3) is 0.400. The number of hydrogen-bond acceptors (Lipinski definition) is 7. The van der Waals surface area contributed by atoms with Crippen LogP contribution in [0.5, 0.6) is 0 Å². The fourth-order valence-electron chi connectivity index (χ4n) is 4.82. The van der Waals surface area contributed by atoms with E-state index in [1.54, 1.807) is 17.9 Å². The average Bonchev–Trinajstić information content (AvgIpc) is 3.28. The van der Waals surface area contributed by atoms with Crippen LogP contribution in [0.4, 0.5) is 5.82 Å². The number of nitrogens with one attached hydrogen (secondary N) is 2. The highest BCUT2D eigenvalue weighted by Gasteiger charge is 2.75. The van der Waals surface area contributed by atoms with Gasteiger partial charge in [-0.15, -0.1) is 0 Å². The lowest BCUT2D eigenvalue weighted by Gasteiger charge is -2.23. The van der Waals surface area contributed by atoms with Gasteiger partial charge in [-0.1, -0.05) is 12.1 Å². The molecule has 10 heteroatoms. The summed E-state index contributed by atoms with van der Waals surface area (Å²) >= 11 is 2.27. The molecule has 2 heterocycles. The lowest BCUT2D eigenvalue weighted by molar-refractivity contribution is -0.132. The van der Waals surface area contributed by atoms with Crippen LogP contribution < -0.4 is 10.6 Å². The number of halogens is 1. The Balaban J connectivity index is 1.45. The standard InChI is InChI=1S/C20H21IN6O3/c1-22-19(30)20-6-12(20)14(15(28)16(20)29)27-9-26-13-17(24-8-25-18(13)27)23-7-10-3-2-4-11(21)5-10/h2-5,8-9,12,14-16,28-29H,6-7H2,1H3,(H,22,30)(H,23,24,25)/t12?,14-,15+,16+,20+/m1/s1. The first-order chi connectivity index (χ1) is 14.5. The molecular formula is C20H21IN6O3. The third-order valence-corrected chi connectivity index (χ3v) is 7.02. The van der Waals surface area contributed by atoms with Crippen LogP contribution in [0.1, 0.15) is 18.0 Å². The molecule has 156 valence electrons. The Morgan fingerprint density at radius 2 is 2.17 bits per heavy atom. The molecule has 5 atom stereocenters. The summed E-state index contributed by atoms with van der Waals surface area (Å²) in [6.07, 6.45) is 1.39.